The minimum atomic E-state index is -0.0189. The Balaban J connectivity index is 1.62. The van der Waals surface area contributed by atoms with E-state index in [1.54, 1.807) is 24.3 Å². The van der Waals surface area contributed by atoms with Gasteiger partial charge in [0, 0.05) is 27.7 Å². The van der Waals surface area contributed by atoms with Crippen molar-refractivity contribution >= 4 is 39.1 Å². The van der Waals surface area contributed by atoms with Gasteiger partial charge in [-0.15, -0.1) is 0 Å². The molecule has 0 N–H and O–H groups in total. The lowest BCUT2D eigenvalue weighted by Gasteiger charge is -2.22. The molecule has 5 aromatic carbocycles. The average molecular weight is 472 g/mol. The summed E-state index contributed by atoms with van der Waals surface area (Å²) in [5, 5.41) is 3.77. The van der Waals surface area contributed by atoms with E-state index in [1.165, 1.54) is 11.1 Å². The number of ketones is 1. The number of rotatable bonds is 5. The SMILES string of the molecule is O=C(c1ccc(Cl)cc1)c1cc2c(ccn2C(c2ccccc2)c2ccccc2)c2ccccc12. The second-order valence-corrected chi connectivity index (χ2v) is 9.12. The van der Waals surface area contributed by atoms with Crippen molar-refractivity contribution in [3.05, 3.63) is 155 Å². The van der Waals surface area contributed by atoms with Crippen molar-refractivity contribution in [2.45, 2.75) is 6.04 Å². The molecule has 6 rings (SSSR count). The van der Waals surface area contributed by atoms with Crippen molar-refractivity contribution in [2.24, 2.45) is 0 Å². The highest BCUT2D eigenvalue weighted by Gasteiger charge is 2.21. The van der Waals surface area contributed by atoms with Crippen molar-refractivity contribution in [1.29, 1.82) is 0 Å². The molecular weight excluding hydrogens is 450 g/mol. The molecule has 0 radical (unpaired) electrons. The van der Waals surface area contributed by atoms with Gasteiger partial charge in [0.15, 0.2) is 5.78 Å². The van der Waals surface area contributed by atoms with E-state index in [2.05, 4.69) is 71.4 Å². The molecule has 0 atom stereocenters. The van der Waals surface area contributed by atoms with Crippen LogP contribution in [0.15, 0.2) is 128 Å². The molecule has 3 heteroatoms. The summed E-state index contributed by atoms with van der Waals surface area (Å²) >= 11 is 6.08. The summed E-state index contributed by atoms with van der Waals surface area (Å²) in [7, 11) is 0. The summed E-state index contributed by atoms with van der Waals surface area (Å²) in [5.74, 6) is -0.0107. The quantitative estimate of drug-likeness (QED) is 0.232. The van der Waals surface area contributed by atoms with Crippen LogP contribution in [0, 0.1) is 0 Å². The van der Waals surface area contributed by atoms with Crippen molar-refractivity contribution < 1.29 is 4.79 Å². The molecule has 0 fully saturated rings. The molecule has 0 bridgehead atoms. The molecule has 2 nitrogen and oxygen atoms in total. The number of halogens is 1. The Morgan fingerprint density at radius 3 is 1.83 bits per heavy atom. The Labute approximate surface area is 209 Å². The van der Waals surface area contributed by atoms with E-state index in [0.29, 0.717) is 16.1 Å². The Morgan fingerprint density at radius 2 is 1.20 bits per heavy atom. The second kappa shape index (κ2) is 8.90. The van der Waals surface area contributed by atoms with Gasteiger partial charge in [0.2, 0.25) is 0 Å². The van der Waals surface area contributed by atoms with Crippen LogP contribution in [0.5, 0.6) is 0 Å². The normalized spacial score (nSPS) is 11.4. The van der Waals surface area contributed by atoms with Gasteiger partial charge in [0.1, 0.15) is 0 Å². The lowest BCUT2D eigenvalue weighted by Crippen LogP contribution is -2.12. The summed E-state index contributed by atoms with van der Waals surface area (Å²) < 4.78 is 2.28. The third kappa shape index (κ3) is 3.82. The van der Waals surface area contributed by atoms with Gasteiger partial charge in [-0.25, -0.2) is 0 Å². The van der Waals surface area contributed by atoms with E-state index in [9.17, 15) is 4.79 Å². The average Bonchev–Trinajstić information content (AvgIpc) is 3.33. The lowest BCUT2D eigenvalue weighted by molar-refractivity contribution is 0.104. The fourth-order valence-corrected chi connectivity index (χ4v) is 5.09. The summed E-state index contributed by atoms with van der Waals surface area (Å²) in [6.07, 6.45) is 2.14. The summed E-state index contributed by atoms with van der Waals surface area (Å²) in [5.41, 5.74) is 4.72. The number of nitrogens with zero attached hydrogens (tertiary/aromatic N) is 1. The van der Waals surface area contributed by atoms with E-state index in [0.717, 1.165) is 21.7 Å². The monoisotopic (exact) mass is 471 g/mol. The third-order valence-electron chi connectivity index (χ3n) is 6.60. The molecule has 0 aliphatic heterocycles. The van der Waals surface area contributed by atoms with Crippen LogP contribution in [0.2, 0.25) is 5.02 Å². The molecule has 6 aromatic rings. The number of aromatic nitrogens is 1. The third-order valence-corrected chi connectivity index (χ3v) is 6.86. The van der Waals surface area contributed by atoms with E-state index in [-0.39, 0.29) is 11.8 Å². The Hall–Kier alpha value is -4.14. The van der Waals surface area contributed by atoms with Crippen LogP contribution in [0.4, 0.5) is 0 Å². The fraction of sp³-hybridized carbons (Fsp3) is 0.0312. The second-order valence-electron chi connectivity index (χ2n) is 8.69. The molecule has 0 saturated carbocycles. The number of benzene rings is 5. The first-order valence-corrected chi connectivity index (χ1v) is 12.0. The summed E-state index contributed by atoms with van der Waals surface area (Å²) in [6, 6.07) is 40.4. The first-order chi connectivity index (χ1) is 17.2. The number of hydrogen-bond donors (Lipinski definition) is 0. The van der Waals surface area contributed by atoms with Crippen LogP contribution >= 0.6 is 11.6 Å². The molecule has 1 heterocycles. The Bertz CT molecular complexity index is 1610. The van der Waals surface area contributed by atoms with Gasteiger partial charge in [-0.05, 0) is 58.3 Å². The predicted octanol–water partition coefficient (Wildman–Crippen LogP) is 8.32. The van der Waals surface area contributed by atoms with Gasteiger partial charge in [0.25, 0.3) is 0 Å². The maximum atomic E-state index is 13.7. The van der Waals surface area contributed by atoms with Gasteiger partial charge in [-0.3, -0.25) is 4.79 Å². The standard InChI is InChI=1S/C32H22ClNO/c33-25-17-15-24(16-18-25)32(35)29-21-30-28(26-13-7-8-14-27(26)29)19-20-34(30)31(22-9-3-1-4-10-22)23-11-5-2-6-12-23/h1-21,31H. The molecule has 0 aliphatic carbocycles. The first kappa shape index (κ1) is 21.4. The van der Waals surface area contributed by atoms with Gasteiger partial charge in [-0.2, -0.15) is 0 Å². The molecule has 0 aliphatic rings. The van der Waals surface area contributed by atoms with Crippen molar-refractivity contribution in [3.8, 4) is 0 Å². The van der Waals surface area contributed by atoms with Gasteiger partial charge >= 0.3 is 0 Å². The minimum Gasteiger partial charge on any atom is -0.336 e. The molecule has 0 spiro atoms. The summed E-state index contributed by atoms with van der Waals surface area (Å²) in [6.45, 7) is 0. The van der Waals surface area contributed by atoms with Gasteiger partial charge in [0.05, 0.1) is 11.6 Å². The predicted molar refractivity (Wildman–Crippen MR) is 144 cm³/mol. The van der Waals surface area contributed by atoms with Gasteiger partial charge in [-0.1, -0.05) is 96.5 Å². The van der Waals surface area contributed by atoms with Crippen LogP contribution in [0.3, 0.4) is 0 Å². The van der Waals surface area contributed by atoms with Crippen LogP contribution in [0.1, 0.15) is 33.1 Å². The van der Waals surface area contributed by atoms with Crippen molar-refractivity contribution in [2.75, 3.05) is 0 Å². The van der Waals surface area contributed by atoms with Crippen LogP contribution in [-0.2, 0) is 0 Å². The molecule has 0 unspecified atom stereocenters. The zero-order chi connectivity index (χ0) is 23.8. The first-order valence-electron chi connectivity index (χ1n) is 11.6. The van der Waals surface area contributed by atoms with Crippen molar-refractivity contribution in [1.82, 2.24) is 4.57 Å². The highest BCUT2D eigenvalue weighted by atomic mass is 35.5. The maximum absolute atomic E-state index is 13.7. The molecule has 1 aromatic heterocycles. The zero-order valence-electron chi connectivity index (χ0n) is 18.9. The Kier molecular flexibility index (Phi) is 5.44. The highest BCUT2D eigenvalue weighted by molar-refractivity contribution is 6.30. The molecule has 0 saturated heterocycles. The van der Waals surface area contributed by atoms with Crippen LogP contribution in [-0.4, -0.2) is 10.4 Å². The fourth-order valence-electron chi connectivity index (χ4n) is 4.96. The van der Waals surface area contributed by atoms with Crippen molar-refractivity contribution in [3.63, 3.8) is 0 Å². The highest BCUT2D eigenvalue weighted by Crippen LogP contribution is 2.36. The van der Waals surface area contributed by atoms with Crippen LogP contribution in [0.25, 0.3) is 21.7 Å². The molecule has 0 amide bonds. The van der Waals surface area contributed by atoms with Gasteiger partial charge < -0.3 is 4.57 Å². The van der Waals surface area contributed by atoms with E-state index >= 15 is 0 Å². The van der Waals surface area contributed by atoms with E-state index in [1.807, 2.05) is 36.4 Å². The largest absolute Gasteiger partial charge is 0.336 e. The number of carbonyl (C=O) groups excluding carboxylic acids is 1. The molecule has 35 heavy (non-hydrogen) atoms. The molecule has 168 valence electrons. The minimum absolute atomic E-state index is 0.0107. The topological polar surface area (TPSA) is 22.0 Å². The zero-order valence-corrected chi connectivity index (χ0v) is 19.7. The number of hydrogen-bond acceptors (Lipinski definition) is 1. The number of fused-ring (bicyclic) bond motifs is 3. The molecular formula is C32H22ClNO. The van der Waals surface area contributed by atoms with E-state index < -0.39 is 0 Å². The Morgan fingerprint density at radius 1 is 0.629 bits per heavy atom. The van der Waals surface area contributed by atoms with E-state index in [4.69, 9.17) is 11.6 Å². The smallest absolute Gasteiger partial charge is 0.193 e. The van der Waals surface area contributed by atoms with Crippen LogP contribution < -0.4 is 0 Å². The number of carbonyl (C=O) groups is 1. The lowest BCUT2D eigenvalue weighted by atomic mass is 9.94. The summed E-state index contributed by atoms with van der Waals surface area (Å²) in [4.78, 5) is 13.7. The maximum Gasteiger partial charge on any atom is 0.193 e.